The number of aromatic nitrogens is 1. The molecule has 3 aromatic rings. The van der Waals surface area contributed by atoms with E-state index in [1.807, 2.05) is 0 Å². The van der Waals surface area contributed by atoms with Gasteiger partial charge in [0.05, 0.1) is 0 Å². The molecule has 1 unspecified atom stereocenters. The molecule has 2 aromatic carbocycles. The van der Waals surface area contributed by atoms with Crippen molar-refractivity contribution in [2.24, 2.45) is 0 Å². The van der Waals surface area contributed by atoms with Gasteiger partial charge < -0.3 is 14.6 Å². The lowest BCUT2D eigenvalue weighted by molar-refractivity contribution is -0.157. The minimum absolute atomic E-state index is 0.239. The number of nitrogens with zero attached hydrogens (tertiary/aromatic N) is 1. The highest BCUT2D eigenvalue weighted by molar-refractivity contribution is 6.30. The van der Waals surface area contributed by atoms with Crippen molar-refractivity contribution in [3.8, 4) is 11.5 Å². The summed E-state index contributed by atoms with van der Waals surface area (Å²) in [5, 5.41) is 19.7. The number of hydrogen-bond donors (Lipinski definition) is 2. The second-order valence-electron chi connectivity index (χ2n) is 5.09. The van der Waals surface area contributed by atoms with E-state index in [9.17, 15) is 9.90 Å². The van der Waals surface area contributed by atoms with E-state index in [0.29, 0.717) is 22.0 Å². The molecule has 22 heavy (non-hydrogen) atoms. The maximum atomic E-state index is 11.1. The summed E-state index contributed by atoms with van der Waals surface area (Å²) in [6.45, 7) is 1.22. The van der Waals surface area contributed by atoms with E-state index in [1.165, 1.54) is 19.1 Å². The Kier molecular flexibility index (Phi) is 3.39. The van der Waals surface area contributed by atoms with Crippen molar-refractivity contribution < 1.29 is 19.4 Å². The number of rotatable bonds is 3. The average Bonchev–Trinajstić information content (AvgIpc) is 2.90. The molecule has 0 aliphatic rings. The van der Waals surface area contributed by atoms with Crippen LogP contribution in [0.25, 0.3) is 22.6 Å². The topological polar surface area (TPSA) is 83.6 Å². The van der Waals surface area contributed by atoms with Crippen LogP contribution in [0.1, 0.15) is 12.5 Å². The summed E-state index contributed by atoms with van der Waals surface area (Å²) in [5.41, 5.74) is 0.00239. The highest BCUT2D eigenvalue weighted by Crippen LogP contribution is 2.29. The fourth-order valence-electron chi connectivity index (χ4n) is 2.07. The molecular weight excluding hydrogens is 306 g/mol. The maximum absolute atomic E-state index is 11.1. The van der Waals surface area contributed by atoms with E-state index in [4.69, 9.17) is 21.1 Å². The fraction of sp³-hybridized carbons (Fsp3) is 0.125. The first-order chi connectivity index (χ1) is 10.4. The molecule has 112 valence electrons. The summed E-state index contributed by atoms with van der Waals surface area (Å²) >= 11 is 5.84. The van der Waals surface area contributed by atoms with Crippen molar-refractivity contribution in [1.82, 2.24) is 4.98 Å². The van der Waals surface area contributed by atoms with Gasteiger partial charge in [-0.3, -0.25) is 0 Å². The molecule has 0 spiro atoms. The zero-order valence-electron chi connectivity index (χ0n) is 11.6. The molecule has 0 fully saturated rings. The number of aliphatic hydroxyl groups is 1. The first-order valence-electron chi connectivity index (χ1n) is 6.51. The molecule has 5 nitrogen and oxygen atoms in total. The van der Waals surface area contributed by atoms with Gasteiger partial charge in [0.15, 0.2) is 11.2 Å². The predicted molar refractivity (Wildman–Crippen MR) is 81.7 cm³/mol. The largest absolute Gasteiger partial charge is 0.479 e. The third-order valence-electron chi connectivity index (χ3n) is 3.46. The molecule has 0 radical (unpaired) electrons. The van der Waals surface area contributed by atoms with Crippen LogP contribution in [0.2, 0.25) is 5.02 Å². The van der Waals surface area contributed by atoms with Gasteiger partial charge in [0.25, 0.3) is 0 Å². The minimum atomic E-state index is -1.98. The van der Waals surface area contributed by atoms with Crippen LogP contribution in [0.4, 0.5) is 0 Å². The van der Waals surface area contributed by atoms with Gasteiger partial charge in [-0.15, -0.1) is 0 Å². The van der Waals surface area contributed by atoms with Crippen LogP contribution < -0.4 is 0 Å². The smallest absolute Gasteiger partial charge is 0.340 e. The van der Waals surface area contributed by atoms with Gasteiger partial charge in [0.2, 0.25) is 5.89 Å². The summed E-state index contributed by atoms with van der Waals surface area (Å²) in [5.74, 6) is -0.924. The highest BCUT2D eigenvalue weighted by Gasteiger charge is 2.32. The van der Waals surface area contributed by atoms with Crippen LogP contribution in [-0.2, 0) is 10.4 Å². The van der Waals surface area contributed by atoms with E-state index >= 15 is 0 Å². The van der Waals surface area contributed by atoms with Gasteiger partial charge in [0.1, 0.15) is 5.52 Å². The van der Waals surface area contributed by atoms with Crippen LogP contribution in [0.5, 0.6) is 0 Å². The third-order valence-corrected chi connectivity index (χ3v) is 3.71. The van der Waals surface area contributed by atoms with Crippen LogP contribution in [-0.4, -0.2) is 21.2 Å². The zero-order chi connectivity index (χ0) is 15.9. The van der Waals surface area contributed by atoms with E-state index in [-0.39, 0.29) is 5.56 Å². The molecule has 0 bridgehead atoms. The highest BCUT2D eigenvalue weighted by atomic mass is 35.5. The number of carboxylic acid groups (broad SMARTS) is 1. The summed E-state index contributed by atoms with van der Waals surface area (Å²) in [6, 6.07) is 11.6. The van der Waals surface area contributed by atoms with Crippen LogP contribution in [0.15, 0.2) is 46.9 Å². The monoisotopic (exact) mass is 317 g/mol. The molecule has 3 rings (SSSR count). The number of oxazole rings is 1. The lowest BCUT2D eigenvalue weighted by Crippen LogP contribution is -2.31. The lowest BCUT2D eigenvalue weighted by Gasteiger charge is -2.17. The number of hydrogen-bond acceptors (Lipinski definition) is 4. The van der Waals surface area contributed by atoms with Crippen molar-refractivity contribution in [2.45, 2.75) is 12.5 Å². The summed E-state index contributed by atoms with van der Waals surface area (Å²) in [6.07, 6.45) is 0. The number of benzene rings is 2. The number of fused-ring (bicyclic) bond motifs is 1. The number of halogens is 1. The Labute approximate surface area is 130 Å². The lowest BCUT2D eigenvalue weighted by atomic mass is 9.96. The molecular formula is C16H12ClNO4. The van der Waals surface area contributed by atoms with Gasteiger partial charge in [-0.2, -0.15) is 0 Å². The molecule has 0 amide bonds. The number of carboxylic acids is 1. The normalized spacial score (nSPS) is 14.0. The summed E-state index contributed by atoms with van der Waals surface area (Å²) in [7, 11) is 0. The van der Waals surface area contributed by atoms with Crippen molar-refractivity contribution >= 4 is 28.7 Å². The fourth-order valence-corrected chi connectivity index (χ4v) is 2.20. The van der Waals surface area contributed by atoms with Gasteiger partial charge >= 0.3 is 5.97 Å². The Morgan fingerprint density at radius 2 is 1.91 bits per heavy atom. The Balaban J connectivity index is 2.07. The van der Waals surface area contributed by atoms with E-state index in [2.05, 4.69) is 4.98 Å². The Morgan fingerprint density at radius 1 is 1.23 bits per heavy atom. The van der Waals surface area contributed by atoms with E-state index < -0.39 is 11.6 Å². The van der Waals surface area contributed by atoms with Crippen LogP contribution in [0.3, 0.4) is 0 Å². The van der Waals surface area contributed by atoms with E-state index in [0.717, 1.165) is 5.56 Å². The summed E-state index contributed by atoms with van der Waals surface area (Å²) in [4.78, 5) is 15.4. The van der Waals surface area contributed by atoms with Crippen molar-refractivity contribution in [1.29, 1.82) is 0 Å². The molecule has 1 aromatic heterocycles. The van der Waals surface area contributed by atoms with Crippen LogP contribution in [0, 0.1) is 0 Å². The third kappa shape index (κ3) is 2.45. The predicted octanol–water partition coefficient (Wildman–Crippen LogP) is 3.44. The molecule has 1 heterocycles. The molecule has 2 N–H and O–H groups in total. The summed E-state index contributed by atoms with van der Waals surface area (Å²) < 4.78 is 5.64. The van der Waals surface area contributed by atoms with Crippen molar-refractivity contribution in [2.75, 3.05) is 0 Å². The van der Waals surface area contributed by atoms with Gasteiger partial charge in [-0.25, -0.2) is 9.78 Å². The zero-order valence-corrected chi connectivity index (χ0v) is 12.3. The van der Waals surface area contributed by atoms with Gasteiger partial charge in [0, 0.05) is 10.6 Å². The average molecular weight is 318 g/mol. The van der Waals surface area contributed by atoms with Crippen molar-refractivity contribution in [3.63, 3.8) is 0 Å². The maximum Gasteiger partial charge on any atom is 0.340 e. The van der Waals surface area contributed by atoms with Crippen molar-refractivity contribution in [3.05, 3.63) is 53.1 Å². The van der Waals surface area contributed by atoms with Gasteiger partial charge in [-0.1, -0.05) is 17.7 Å². The quantitative estimate of drug-likeness (QED) is 0.773. The SMILES string of the molecule is CC(O)(C(=O)O)c1ccc2oc(-c3ccc(Cl)cc3)nc2c1. The molecule has 0 saturated carbocycles. The number of carbonyl (C=O) groups is 1. The first kappa shape index (κ1) is 14.6. The van der Waals surface area contributed by atoms with Gasteiger partial charge in [-0.05, 0) is 48.9 Å². The van der Waals surface area contributed by atoms with E-state index in [1.54, 1.807) is 30.3 Å². The minimum Gasteiger partial charge on any atom is -0.479 e. The Hall–Kier alpha value is -2.37. The molecule has 1 atom stereocenters. The Bertz CT molecular complexity index is 852. The Morgan fingerprint density at radius 3 is 2.55 bits per heavy atom. The molecule has 0 aliphatic carbocycles. The second kappa shape index (κ2) is 5.12. The number of aliphatic carboxylic acids is 1. The molecule has 0 saturated heterocycles. The van der Waals surface area contributed by atoms with Crippen LogP contribution >= 0.6 is 11.6 Å². The molecule has 0 aliphatic heterocycles. The second-order valence-corrected chi connectivity index (χ2v) is 5.52. The standard InChI is InChI=1S/C16H12ClNO4/c1-16(21,15(19)20)10-4-7-13-12(8-10)18-14(22-13)9-2-5-11(17)6-3-9/h2-8,21H,1H3,(H,19,20). The molecule has 6 heteroatoms. The first-order valence-corrected chi connectivity index (χ1v) is 6.88.